The molecule has 1 heterocycles. The molecule has 1 saturated carbocycles. The largest absolute Gasteiger partial charge is 0.375 e. The van der Waals surface area contributed by atoms with Crippen molar-refractivity contribution >= 4 is 0 Å². The molecule has 5 unspecified atom stereocenters. The predicted octanol–water partition coefficient (Wildman–Crippen LogP) is 2.97. The predicted molar refractivity (Wildman–Crippen MR) is 67.5 cm³/mol. The summed E-state index contributed by atoms with van der Waals surface area (Å²) in [6.07, 6.45) is 7.68. The molecule has 5 atom stereocenters. The molecule has 1 N–H and O–H groups in total. The second kappa shape index (κ2) is 5.50. The second-order valence-electron chi connectivity index (χ2n) is 5.74. The molecule has 2 aliphatic rings. The lowest BCUT2D eigenvalue weighted by Gasteiger charge is -2.23. The molecule has 1 aliphatic heterocycles. The van der Waals surface area contributed by atoms with Crippen LogP contribution in [-0.2, 0) is 4.74 Å². The third kappa shape index (κ3) is 2.78. The summed E-state index contributed by atoms with van der Waals surface area (Å²) in [4.78, 5) is 0. The van der Waals surface area contributed by atoms with Crippen molar-refractivity contribution in [2.45, 2.75) is 71.1 Å². The van der Waals surface area contributed by atoms with Crippen molar-refractivity contribution in [2.75, 3.05) is 6.54 Å². The highest BCUT2D eigenvalue weighted by Crippen LogP contribution is 2.37. The van der Waals surface area contributed by atoms with Crippen LogP contribution < -0.4 is 5.32 Å². The maximum Gasteiger partial charge on any atom is 0.0582 e. The molecule has 0 aromatic rings. The smallest absolute Gasteiger partial charge is 0.0582 e. The Bertz CT molecular complexity index is 219. The SMILES string of the molecule is CCNC1CCC(CC2CCC(C)O2)C1C. The summed E-state index contributed by atoms with van der Waals surface area (Å²) in [5.41, 5.74) is 0. The number of hydrogen-bond acceptors (Lipinski definition) is 2. The van der Waals surface area contributed by atoms with Gasteiger partial charge in [-0.3, -0.25) is 0 Å². The van der Waals surface area contributed by atoms with E-state index in [0.29, 0.717) is 12.2 Å². The Morgan fingerprint density at radius 1 is 1.12 bits per heavy atom. The zero-order chi connectivity index (χ0) is 11.5. The van der Waals surface area contributed by atoms with Crippen LogP contribution in [-0.4, -0.2) is 24.8 Å². The van der Waals surface area contributed by atoms with Crippen molar-refractivity contribution in [1.82, 2.24) is 5.32 Å². The molecule has 16 heavy (non-hydrogen) atoms. The Morgan fingerprint density at radius 2 is 1.94 bits per heavy atom. The molecule has 0 aromatic heterocycles. The van der Waals surface area contributed by atoms with Crippen molar-refractivity contribution in [3.8, 4) is 0 Å². The van der Waals surface area contributed by atoms with Crippen LogP contribution in [0.5, 0.6) is 0 Å². The lowest BCUT2D eigenvalue weighted by molar-refractivity contribution is 0.0371. The van der Waals surface area contributed by atoms with Gasteiger partial charge in [-0.15, -0.1) is 0 Å². The molecular formula is C14H27NO. The van der Waals surface area contributed by atoms with E-state index in [2.05, 4.69) is 26.1 Å². The first-order valence-corrected chi connectivity index (χ1v) is 7.09. The fourth-order valence-electron chi connectivity index (χ4n) is 3.53. The van der Waals surface area contributed by atoms with Crippen LogP contribution in [0.2, 0.25) is 0 Å². The quantitative estimate of drug-likeness (QED) is 0.794. The van der Waals surface area contributed by atoms with Crippen LogP contribution in [0.25, 0.3) is 0 Å². The maximum atomic E-state index is 5.95. The highest BCUT2D eigenvalue weighted by Gasteiger charge is 2.35. The standard InChI is InChI=1S/C14H27NO/c1-4-15-14-8-6-12(11(14)3)9-13-7-5-10(2)16-13/h10-15H,4-9H2,1-3H3. The zero-order valence-corrected chi connectivity index (χ0v) is 11.0. The molecular weight excluding hydrogens is 198 g/mol. The Labute approximate surface area is 100 Å². The minimum atomic E-state index is 0.506. The van der Waals surface area contributed by atoms with Crippen molar-refractivity contribution in [3.63, 3.8) is 0 Å². The van der Waals surface area contributed by atoms with Gasteiger partial charge < -0.3 is 10.1 Å². The molecule has 2 fully saturated rings. The van der Waals surface area contributed by atoms with Gasteiger partial charge >= 0.3 is 0 Å². The summed E-state index contributed by atoms with van der Waals surface area (Å²) in [7, 11) is 0. The zero-order valence-electron chi connectivity index (χ0n) is 11.0. The summed E-state index contributed by atoms with van der Waals surface area (Å²) in [6, 6.07) is 0.758. The molecule has 0 radical (unpaired) electrons. The Morgan fingerprint density at radius 3 is 2.56 bits per heavy atom. The molecule has 2 nitrogen and oxygen atoms in total. The highest BCUT2D eigenvalue weighted by atomic mass is 16.5. The highest BCUT2D eigenvalue weighted by molar-refractivity contribution is 4.88. The van der Waals surface area contributed by atoms with Crippen LogP contribution in [0.3, 0.4) is 0 Å². The summed E-state index contributed by atoms with van der Waals surface area (Å²) >= 11 is 0. The van der Waals surface area contributed by atoms with Crippen LogP contribution >= 0.6 is 0 Å². The van der Waals surface area contributed by atoms with E-state index < -0.39 is 0 Å². The molecule has 2 rings (SSSR count). The number of nitrogens with one attached hydrogen (secondary N) is 1. The van der Waals surface area contributed by atoms with Crippen LogP contribution in [0, 0.1) is 11.8 Å². The molecule has 0 bridgehead atoms. The van der Waals surface area contributed by atoms with E-state index in [4.69, 9.17) is 4.74 Å². The van der Waals surface area contributed by atoms with Crippen molar-refractivity contribution in [1.29, 1.82) is 0 Å². The van der Waals surface area contributed by atoms with Gasteiger partial charge in [-0.05, 0) is 57.4 Å². The number of ether oxygens (including phenoxy) is 1. The lowest BCUT2D eigenvalue weighted by atomic mass is 9.90. The third-order valence-electron chi connectivity index (χ3n) is 4.58. The van der Waals surface area contributed by atoms with E-state index in [1.807, 2.05) is 0 Å². The van der Waals surface area contributed by atoms with Gasteiger partial charge in [0, 0.05) is 6.04 Å². The monoisotopic (exact) mass is 225 g/mol. The van der Waals surface area contributed by atoms with E-state index in [0.717, 1.165) is 24.4 Å². The molecule has 1 aliphatic carbocycles. The van der Waals surface area contributed by atoms with Gasteiger partial charge in [0.25, 0.3) is 0 Å². The Balaban J connectivity index is 1.78. The summed E-state index contributed by atoms with van der Waals surface area (Å²) in [5, 5.41) is 3.62. The van der Waals surface area contributed by atoms with Gasteiger partial charge in [0.05, 0.1) is 12.2 Å². The first-order chi connectivity index (χ1) is 7.70. The summed E-state index contributed by atoms with van der Waals surface area (Å²) in [5.74, 6) is 1.72. The Kier molecular flexibility index (Phi) is 4.26. The third-order valence-corrected chi connectivity index (χ3v) is 4.58. The van der Waals surface area contributed by atoms with Crippen molar-refractivity contribution in [3.05, 3.63) is 0 Å². The average molecular weight is 225 g/mol. The Hall–Kier alpha value is -0.0800. The van der Waals surface area contributed by atoms with E-state index in [1.54, 1.807) is 0 Å². The van der Waals surface area contributed by atoms with Gasteiger partial charge in [-0.2, -0.15) is 0 Å². The number of rotatable bonds is 4. The van der Waals surface area contributed by atoms with E-state index in [9.17, 15) is 0 Å². The molecule has 0 amide bonds. The lowest BCUT2D eigenvalue weighted by Crippen LogP contribution is -2.33. The van der Waals surface area contributed by atoms with Gasteiger partial charge in [-0.25, -0.2) is 0 Å². The molecule has 0 spiro atoms. The summed E-state index contributed by atoms with van der Waals surface area (Å²) < 4.78 is 5.95. The molecule has 1 saturated heterocycles. The minimum Gasteiger partial charge on any atom is -0.375 e. The average Bonchev–Trinajstić information content (AvgIpc) is 2.80. The topological polar surface area (TPSA) is 21.3 Å². The van der Waals surface area contributed by atoms with Crippen LogP contribution in [0.15, 0.2) is 0 Å². The second-order valence-corrected chi connectivity index (χ2v) is 5.74. The van der Waals surface area contributed by atoms with Gasteiger partial charge in [0.15, 0.2) is 0 Å². The molecule has 94 valence electrons. The number of hydrogen-bond donors (Lipinski definition) is 1. The maximum absolute atomic E-state index is 5.95. The minimum absolute atomic E-state index is 0.506. The first kappa shape index (κ1) is 12.4. The summed E-state index contributed by atoms with van der Waals surface area (Å²) in [6.45, 7) is 7.95. The fraction of sp³-hybridized carbons (Fsp3) is 1.00. The fourth-order valence-corrected chi connectivity index (χ4v) is 3.53. The van der Waals surface area contributed by atoms with Crippen LogP contribution in [0.1, 0.15) is 52.9 Å². The van der Waals surface area contributed by atoms with Gasteiger partial charge in [0.2, 0.25) is 0 Å². The van der Waals surface area contributed by atoms with E-state index in [1.165, 1.54) is 32.1 Å². The normalized spacial score (nSPS) is 44.1. The van der Waals surface area contributed by atoms with Crippen molar-refractivity contribution in [2.24, 2.45) is 11.8 Å². The van der Waals surface area contributed by atoms with E-state index in [-0.39, 0.29) is 0 Å². The van der Waals surface area contributed by atoms with E-state index >= 15 is 0 Å². The van der Waals surface area contributed by atoms with Crippen molar-refractivity contribution < 1.29 is 4.74 Å². The van der Waals surface area contributed by atoms with Gasteiger partial charge in [-0.1, -0.05) is 13.8 Å². The van der Waals surface area contributed by atoms with Crippen LogP contribution in [0.4, 0.5) is 0 Å². The molecule has 2 heteroatoms. The first-order valence-electron chi connectivity index (χ1n) is 7.09. The van der Waals surface area contributed by atoms with Gasteiger partial charge in [0.1, 0.15) is 0 Å². The molecule has 0 aromatic carbocycles.